The minimum atomic E-state index is -4.37. The largest absolute Gasteiger partial charge is 0.416 e. The summed E-state index contributed by atoms with van der Waals surface area (Å²) in [4.78, 5) is 2.05. The Bertz CT molecular complexity index is 761. The second-order valence-electron chi connectivity index (χ2n) is 6.65. The van der Waals surface area contributed by atoms with E-state index in [1.165, 1.54) is 12.1 Å². The van der Waals surface area contributed by atoms with Crippen molar-refractivity contribution in [1.29, 1.82) is 0 Å². The molecule has 0 bridgehead atoms. The Hall–Kier alpha value is -2.22. The van der Waals surface area contributed by atoms with Crippen LogP contribution in [0.15, 0.2) is 30.3 Å². The van der Waals surface area contributed by atoms with Crippen molar-refractivity contribution < 1.29 is 17.6 Å². The molecule has 1 N–H and O–H groups in total. The molecule has 0 amide bonds. The summed E-state index contributed by atoms with van der Waals surface area (Å²) in [7, 11) is 1.94. The zero-order chi connectivity index (χ0) is 18.9. The average molecular weight is 368 g/mol. The van der Waals surface area contributed by atoms with Crippen LogP contribution >= 0.6 is 0 Å². The molecule has 0 saturated carbocycles. The van der Waals surface area contributed by atoms with E-state index < -0.39 is 17.9 Å². The lowest BCUT2D eigenvalue weighted by Crippen LogP contribution is -2.47. The van der Waals surface area contributed by atoms with Crippen molar-refractivity contribution in [3.05, 3.63) is 41.5 Å². The number of nitrogens with one attached hydrogen (secondary N) is 1. The number of hydrogen-bond donors (Lipinski definition) is 1. The number of aromatic nitrogens is 2. The number of hydrogen-bond acceptors (Lipinski definition) is 4. The molecule has 1 aromatic heterocycles. The van der Waals surface area contributed by atoms with Crippen molar-refractivity contribution in [1.82, 2.24) is 15.1 Å². The quantitative estimate of drug-likeness (QED) is 0.834. The highest BCUT2D eigenvalue weighted by molar-refractivity contribution is 5.64. The number of alkyl halides is 4. The number of likely N-dealkylation sites (N-methyl/N-ethyl adjacent to an activating group) is 1. The summed E-state index contributed by atoms with van der Waals surface area (Å²) in [6, 6.07) is 6.17. The average Bonchev–Trinajstić information content (AvgIpc) is 2.58. The van der Waals surface area contributed by atoms with Crippen LogP contribution in [-0.4, -0.2) is 47.4 Å². The van der Waals surface area contributed by atoms with Crippen LogP contribution in [0.1, 0.15) is 17.5 Å². The number of nitrogens with zero attached hydrogens (tertiary/aromatic N) is 3. The van der Waals surface area contributed by atoms with Crippen LogP contribution in [0.2, 0.25) is 0 Å². The Balaban J connectivity index is 1.77. The predicted octanol–water partition coefficient (Wildman–Crippen LogP) is 3.92. The first-order valence-corrected chi connectivity index (χ1v) is 8.35. The Labute approximate surface area is 149 Å². The van der Waals surface area contributed by atoms with E-state index in [-0.39, 0.29) is 6.04 Å². The standard InChI is InChI=1S/C18H20F4N4/c1-11-9-16(23-15-10-26(2)8-7-14(15)19)24-25-17(11)12-3-5-13(6-4-12)18(20,21)22/h3-6,9,14-15H,7-8,10H2,1-2H3,(H,23,24)/t14-,15-/m0/s1. The fourth-order valence-corrected chi connectivity index (χ4v) is 3.07. The van der Waals surface area contributed by atoms with Gasteiger partial charge in [0.05, 0.1) is 17.3 Å². The minimum absolute atomic E-state index is 0.362. The smallest absolute Gasteiger partial charge is 0.362 e. The van der Waals surface area contributed by atoms with Gasteiger partial charge in [0.25, 0.3) is 0 Å². The second kappa shape index (κ2) is 7.19. The number of anilines is 1. The van der Waals surface area contributed by atoms with Crippen molar-refractivity contribution in [2.45, 2.75) is 31.7 Å². The molecule has 1 fully saturated rings. The zero-order valence-corrected chi connectivity index (χ0v) is 14.5. The van der Waals surface area contributed by atoms with E-state index in [0.717, 1.165) is 24.2 Å². The summed E-state index contributed by atoms with van der Waals surface area (Å²) in [5.41, 5.74) is 1.10. The van der Waals surface area contributed by atoms with Crippen LogP contribution in [-0.2, 0) is 6.18 Å². The van der Waals surface area contributed by atoms with Gasteiger partial charge in [-0.3, -0.25) is 0 Å². The molecule has 0 spiro atoms. The molecule has 4 nitrogen and oxygen atoms in total. The zero-order valence-electron chi connectivity index (χ0n) is 14.5. The van der Waals surface area contributed by atoms with Gasteiger partial charge in [-0.2, -0.15) is 13.2 Å². The van der Waals surface area contributed by atoms with Crippen LogP contribution in [0.25, 0.3) is 11.3 Å². The first-order valence-electron chi connectivity index (χ1n) is 8.35. The number of benzene rings is 1. The molecule has 1 aliphatic rings. The van der Waals surface area contributed by atoms with E-state index in [4.69, 9.17) is 0 Å². The van der Waals surface area contributed by atoms with Crippen molar-refractivity contribution >= 4 is 5.82 Å². The molecule has 0 aliphatic carbocycles. The number of piperidine rings is 1. The summed E-state index contributed by atoms with van der Waals surface area (Å²) < 4.78 is 52.1. The summed E-state index contributed by atoms with van der Waals surface area (Å²) in [6.07, 6.45) is -4.87. The third-order valence-electron chi connectivity index (χ3n) is 4.53. The molecule has 1 saturated heterocycles. The summed E-state index contributed by atoms with van der Waals surface area (Å²) in [5, 5.41) is 11.3. The molecule has 26 heavy (non-hydrogen) atoms. The van der Waals surface area contributed by atoms with Gasteiger partial charge in [0.1, 0.15) is 12.0 Å². The monoisotopic (exact) mass is 368 g/mol. The van der Waals surface area contributed by atoms with Gasteiger partial charge in [-0.25, -0.2) is 4.39 Å². The number of halogens is 4. The van der Waals surface area contributed by atoms with Gasteiger partial charge in [-0.15, -0.1) is 10.2 Å². The van der Waals surface area contributed by atoms with Gasteiger partial charge in [-0.1, -0.05) is 12.1 Å². The number of likely N-dealkylation sites (tertiary alicyclic amines) is 1. The number of aryl methyl sites for hydroxylation is 1. The fourth-order valence-electron chi connectivity index (χ4n) is 3.07. The highest BCUT2D eigenvalue weighted by atomic mass is 19.4. The third kappa shape index (κ3) is 4.12. The maximum absolute atomic E-state index is 14.1. The van der Waals surface area contributed by atoms with Crippen molar-refractivity contribution in [3.63, 3.8) is 0 Å². The van der Waals surface area contributed by atoms with E-state index in [9.17, 15) is 17.6 Å². The molecule has 3 rings (SSSR count). The van der Waals surface area contributed by atoms with E-state index in [1.54, 1.807) is 13.0 Å². The van der Waals surface area contributed by atoms with Crippen LogP contribution in [0.5, 0.6) is 0 Å². The topological polar surface area (TPSA) is 41.0 Å². The summed E-state index contributed by atoms with van der Waals surface area (Å²) in [5.74, 6) is 0.459. The van der Waals surface area contributed by atoms with Crippen LogP contribution in [0.3, 0.4) is 0 Å². The number of rotatable bonds is 3. The van der Waals surface area contributed by atoms with Crippen molar-refractivity contribution in [2.75, 3.05) is 25.5 Å². The molecular weight excluding hydrogens is 348 g/mol. The lowest BCUT2D eigenvalue weighted by molar-refractivity contribution is -0.137. The molecule has 140 valence electrons. The summed E-state index contributed by atoms with van der Waals surface area (Å²) >= 11 is 0. The van der Waals surface area contributed by atoms with Crippen LogP contribution in [0, 0.1) is 6.92 Å². The predicted molar refractivity (Wildman–Crippen MR) is 91.6 cm³/mol. The Morgan fingerprint density at radius 2 is 1.85 bits per heavy atom. The van der Waals surface area contributed by atoms with E-state index in [0.29, 0.717) is 30.0 Å². The van der Waals surface area contributed by atoms with Gasteiger partial charge in [0, 0.05) is 18.7 Å². The normalized spacial score (nSPS) is 21.6. The highest BCUT2D eigenvalue weighted by Crippen LogP contribution is 2.31. The lowest BCUT2D eigenvalue weighted by atomic mass is 10.0. The summed E-state index contributed by atoms with van der Waals surface area (Å²) in [6.45, 7) is 3.09. The SMILES string of the molecule is Cc1cc(N[C@H]2CN(C)CC[C@@H]2F)nnc1-c1ccc(C(F)(F)F)cc1. The van der Waals surface area contributed by atoms with Gasteiger partial charge >= 0.3 is 6.18 Å². The molecule has 0 unspecified atom stereocenters. The first kappa shape index (κ1) is 18.6. The fraction of sp³-hybridized carbons (Fsp3) is 0.444. The van der Waals surface area contributed by atoms with Gasteiger partial charge < -0.3 is 10.2 Å². The van der Waals surface area contributed by atoms with Crippen molar-refractivity contribution in [2.24, 2.45) is 0 Å². The molecule has 2 aromatic rings. The van der Waals surface area contributed by atoms with E-state index >= 15 is 0 Å². The molecule has 1 aliphatic heterocycles. The lowest BCUT2D eigenvalue weighted by Gasteiger charge is -2.33. The molecule has 2 atom stereocenters. The van der Waals surface area contributed by atoms with Crippen LogP contribution < -0.4 is 5.32 Å². The minimum Gasteiger partial charge on any atom is -0.362 e. The van der Waals surface area contributed by atoms with E-state index in [1.807, 2.05) is 11.9 Å². The first-order chi connectivity index (χ1) is 12.2. The van der Waals surface area contributed by atoms with E-state index in [2.05, 4.69) is 15.5 Å². The maximum atomic E-state index is 14.1. The Morgan fingerprint density at radius 3 is 2.46 bits per heavy atom. The molecular formula is C18H20F4N4. The Kier molecular flexibility index (Phi) is 5.13. The molecule has 1 aromatic carbocycles. The molecule has 8 heteroatoms. The molecule has 2 heterocycles. The van der Waals surface area contributed by atoms with Crippen LogP contribution in [0.4, 0.5) is 23.4 Å². The van der Waals surface area contributed by atoms with Crippen molar-refractivity contribution in [3.8, 4) is 11.3 Å². The molecule has 0 radical (unpaired) electrons. The maximum Gasteiger partial charge on any atom is 0.416 e. The van der Waals surface area contributed by atoms with Gasteiger partial charge in [-0.05, 0) is 44.2 Å². The second-order valence-corrected chi connectivity index (χ2v) is 6.65. The Morgan fingerprint density at radius 1 is 1.15 bits per heavy atom. The van der Waals surface area contributed by atoms with Gasteiger partial charge in [0.15, 0.2) is 0 Å². The third-order valence-corrected chi connectivity index (χ3v) is 4.53. The van der Waals surface area contributed by atoms with Gasteiger partial charge in [0.2, 0.25) is 0 Å². The highest BCUT2D eigenvalue weighted by Gasteiger charge is 2.30.